The van der Waals surface area contributed by atoms with Crippen LogP contribution < -0.4 is 10.1 Å². The molecule has 1 saturated heterocycles. The molecule has 1 aliphatic heterocycles. The van der Waals surface area contributed by atoms with E-state index in [2.05, 4.69) is 5.32 Å². The number of nitrogens with one attached hydrogen (secondary N) is 1. The highest BCUT2D eigenvalue weighted by molar-refractivity contribution is 5.88. The van der Waals surface area contributed by atoms with Gasteiger partial charge in [-0.3, -0.25) is 9.59 Å². The third-order valence-corrected chi connectivity index (χ3v) is 6.39. The highest BCUT2D eigenvalue weighted by atomic mass is 16.5. The van der Waals surface area contributed by atoms with Crippen molar-refractivity contribution < 1.29 is 14.3 Å². The molecule has 2 fully saturated rings. The molecule has 1 N–H and O–H groups in total. The fourth-order valence-corrected chi connectivity index (χ4v) is 4.60. The van der Waals surface area contributed by atoms with E-state index in [1.54, 1.807) is 0 Å². The van der Waals surface area contributed by atoms with Gasteiger partial charge >= 0.3 is 0 Å². The van der Waals surface area contributed by atoms with Crippen molar-refractivity contribution in [3.05, 3.63) is 65.7 Å². The third-order valence-electron chi connectivity index (χ3n) is 6.39. The van der Waals surface area contributed by atoms with Crippen LogP contribution in [-0.2, 0) is 22.7 Å². The fourth-order valence-electron chi connectivity index (χ4n) is 4.60. The Labute approximate surface area is 184 Å². The fraction of sp³-hybridized carbons (Fsp3) is 0.462. The second kappa shape index (κ2) is 10.5. The lowest BCUT2D eigenvalue weighted by Crippen LogP contribution is -2.49. The quantitative estimate of drug-likeness (QED) is 0.720. The summed E-state index contributed by atoms with van der Waals surface area (Å²) in [5, 5.41) is 2.99. The maximum atomic E-state index is 13.4. The second-order valence-corrected chi connectivity index (χ2v) is 8.67. The summed E-state index contributed by atoms with van der Waals surface area (Å²) < 4.78 is 5.89. The zero-order valence-corrected chi connectivity index (χ0v) is 18.1. The van der Waals surface area contributed by atoms with Crippen molar-refractivity contribution in [1.82, 2.24) is 10.2 Å². The number of carbonyl (C=O) groups is 2. The molecule has 1 heterocycles. The summed E-state index contributed by atoms with van der Waals surface area (Å²) in [7, 11) is 0. The average Bonchev–Trinajstić information content (AvgIpc) is 3.26. The first-order valence-corrected chi connectivity index (χ1v) is 11.5. The molecule has 2 aromatic rings. The number of rotatable bonds is 7. The van der Waals surface area contributed by atoms with Crippen LogP contribution in [0.15, 0.2) is 54.6 Å². The number of nitrogens with zero attached hydrogens (tertiary/aromatic N) is 1. The number of ether oxygens (including phenoxy) is 1. The molecule has 0 aromatic heterocycles. The molecule has 31 heavy (non-hydrogen) atoms. The van der Waals surface area contributed by atoms with Crippen LogP contribution in [0.2, 0.25) is 0 Å². The Morgan fingerprint density at radius 3 is 2.35 bits per heavy atom. The average molecular weight is 421 g/mol. The largest absolute Gasteiger partial charge is 0.489 e. The minimum atomic E-state index is -0.371. The molecule has 2 amide bonds. The summed E-state index contributed by atoms with van der Waals surface area (Å²) >= 11 is 0. The molecule has 0 radical (unpaired) electrons. The first-order chi connectivity index (χ1) is 15.2. The van der Waals surface area contributed by atoms with Gasteiger partial charge in [0.05, 0.1) is 0 Å². The SMILES string of the molecule is O=C1NCCCCC1N(Cc1ccc(OCc2ccccc2)cc1)C(=O)C1CCCC1. The van der Waals surface area contributed by atoms with Crippen molar-refractivity contribution >= 4 is 11.8 Å². The van der Waals surface area contributed by atoms with Gasteiger partial charge in [0.2, 0.25) is 11.8 Å². The number of benzene rings is 2. The van der Waals surface area contributed by atoms with Gasteiger partial charge in [0.25, 0.3) is 0 Å². The lowest BCUT2D eigenvalue weighted by Gasteiger charge is -2.32. The second-order valence-electron chi connectivity index (χ2n) is 8.67. The summed E-state index contributed by atoms with van der Waals surface area (Å²) in [4.78, 5) is 27.9. The molecule has 1 aliphatic carbocycles. The molecule has 5 heteroatoms. The normalized spacial score (nSPS) is 19.5. The molecule has 5 nitrogen and oxygen atoms in total. The summed E-state index contributed by atoms with van der Waals surface area (Å²) in [6, 6.07) is 17.6. The summed E-state index contributed by atoms with van der Waals surface area (Å²) in [6.07, 6.45) is 6.77. The lowest BCUT2D eigenvalue weighted by molar-refractivity contribution is -0.144. The molecule has 164 valence electrons. The Morgan fingerprint density at radius 1 is 0.903 bits per heavy atom. The van der Waals surface area contributed by atoms with Gasteiger partial charge in [-0.2, -0.15) is 0 Å². The maximum absolute atomic E-state index is 13.4. The first kappa shape index (κ1) is 21.4. The third kappa shape index (κ3) is 5.66. The van der Waals surface area contributed by atoms with E-state index >= 15 is 0 Å². The van der Waals surface area contributed by atoms with E-state index in [1.807, 2.05) is 59.5 Å². The Morgan fingerprint density at radius 2 is 1.61 bits per heavy atom. The minimum Gasteiger partial charge on any atom is -0.489 e. The number of amides is 2. The molecule has 0 bridgehead atoms. The van der Waals surface area contributed by atoms with Crippen LogP contribution >= 0.6 is 0 Å². The number of hydrogen-bond donors (Lipinski definition) is 1. The van der Waals surface area contributed by atoms with Gasteiger partial charge in [-0.25, -0.2) is 0 Å². The van der Waals surface area contributed by atoms with E-state index in [0.717, 1.165) is 61.8 Å². The molecule has 1 saturated carbocycles. The molecule has 0 spiro atoms. The van der Waals surface area contributed by atoms with Crippen molar-refractivity contribution in [2.45, 2.75) is 64.1 Å². The first-order valence-electron chi connectivity index (χ1n) is 11.5. The van der Waals surface area contributed by atoms with Crippen molar-refractivity contribution in [2.75, 3.05) is 6.54 Å². The van der Waals surface area contributed by atoms with E-state index in [4.69, 9.17) is 4.74 Å². The van der Waals surface area contributed by atoms with Crippen LogP contribution in [0.4, 0.5) is 0 Å². The Balaban J connectivity index is 1.45. The number of hydrogen-bond acceptors (Lipinski definition) is 3. The van der Waals surface area contributed by atoms with E-state index in [9.17, 15) is 9.59 Å². The highest BCUT2D eigenvalue weighted by Gasteiger charge is 2.35. The molecular formula is C26H32N2O3. The Hall–Kier alpha value is -2.82. The Bertz CT molecular complexity index is 860. The zero-order chi connectivity index (χ0) is 21.5. The molecule has 2 aliphatic rings. The van der Waals surface area contributed by atoms with Crippen LogP contribution in [-0.4, -0.2) is 29.3 Å². The zero-order valence-electron chi connectivity index (χ0n) is 18.1. The van der Waals surface area contributed by atoms with Crippen LogP contribution in [0.1, 0.15) is 56.1 Å². The van der Waals surface area contributed by atoms with Crippen molar-refractivity contribution in [2.24, 2.45) is 5.92 Å². The van der Waals surface area contributed by atoms with Gasteiger partial charge < -0.3 is 15.0 Å². The van der Waals surface area contributed by atoms with Gasteiger partial charge in [0.15, 0.2) is 0 Å². The molecule has 2 aromatic carbocycles. The van der Waals surface area contributed by atoms with E-state index < -0.39 is 0 Å². The van der Waals surface area contributed by atoms with Crippen LogP contribution in [0, 0.1) is 5.92 Å². The smallest absolute Gasteiger partial charge is 0.242 e. The van der Waals surface area contributed by atoms with Gasteiger partial charge in [-0.15, -0.1) is 0 Å². The van der Waals surface area contributed by atoms with E-state index in [-0.39, 0.29) is 23.8 Å². The highest BCUT2D eigenvalue weighted by Crippen LogP contribution is 2.29. The predicted molar refractivity (Wildman–Crippen MR) is 120 cm³/mol. The van der Waals surface area contributed by atoms with Gasteiger partial charge in [-0.05, 0) is 55.4 Å². The molecular weight excluding hydrogens is 388 g/mol. The standard InChI is InChI=1S/C26H32N2O3/c29-25-24(12-6-7-17-27-25)28(26(30)22-10-4-5-11-22)18-20-13-15-23(16-14-20)31-19-21-8-2-1-3-9-21/h1-3,8-9,13-16,22,24H,4-7,10-12,17-19H2,(H,27,29). The van der Waals surface area contributed by atoms with Crippen LogP contribution in [0.3, 0.4) is 0 Å². The predicted octanol–water partition coefficient (Wildman–Crippen LogP) is 4.45. The van der Waals surface area contributed by atoms with Crippen LogP contribution in [0.25, 0.3) is 0 Å². The van der Waals surface area contributed by atoms with Crippen LogP contribution in [0.5, 0.6) is 5.75 Å². The maximum Gasteiger partial charge on any atom is 0.242 e. The van der Waals surface area contributed by atoms with Gasteiger partial charge in [-0.1, -0.05) is 55.3 Å². The lowest BCUT2D eigenvalue weighted by atomic mass is 10.0. The molecule has 4 rings (SSSR count). The van der Waals surface area contributed by atoms with Gasteiger partial charge in [0.1, 0.15) is 18.4 Å². The van der Waals surface area contributed by atoms with Gasteiger partial charge in [0, 0.05) is 19.0 Å². The topological polar surface area (TPSA) is 58.6 Å². The molecule has 1 atom stereocenters. The van der Waals surface area contributed by atoms with Crippen molar-refractivity contribution in [3.63, 3.8) is 0 Å². The van der Waals surface area contributed by atoms with Crippen molar-refractivity contribution in [3.8, 4) is 5.75 Å². The van der Waals surface area contributed by atoms with Crippen molar-refractivity contribution in [1.29, 1.82) is 0 Å². The molecule has 1 unspecified atom stereocenters. The monoisotopic (exact) mass is 420 g/mol. The summed E-state index contributed by atoms with van der Waals surface area (Å²) in [6.45, 7) is 1.69. The minimum absolute atomic E-state index is 0.00772. The van der Waals surface area contributed by atoms with E-state index in [1.165, 1.54) is 0 Å². The summed E-state index contributed by atoms with van der Waals surface area (Å²) in [5.74, 6) is 0.994. The van der Waals surface area contributed by atoms with E-state index in [0.29, 0.717) is 19.7 Å². The Kier molecular flexibility index (Phi) is 7.23. The number of carbonyl (C=O) groups excluding carboxylic acids is 2. The summed E-state index contributed by atoms with van der Waals surface area (Å²) in [5.41, 5.74) is 2.15.